The average molecular weight is 480 g/mol. The summed E-state index contributed by atoms with van der Waals surface area (Å²) in [5.41, 5.74) is -0.727. The molecule has 1 unspecified atom stereocenters. The van der Waals surface area contributed by atoms with Gasteiger partial charge in [0.2, 0.25) is 5.88 Å². The van der Waals surface area contributed by atoms with Crippen molar-refractivity contribution in [2.24, 2.45) is 0 Å². The van der Waals surface area contributed by atoms with E-state index in [-0.39, 0.29) is 34.3 Å². The minimum Gasteiger partial charge on any atom is -0.444 e. The van der Waals surface area contributed by atoms with Crippen molar-refractivity contribution in [2.45, 2.75) is 51.3 Å². The molecular weight excluding hydrogens is 456 g/mol. The van der Waals surface area contributed by atoms with Crippen molar-refractivity contribution in [1.29, 1.82) is 0 Å². The van der Waals surface area contributed by atoms with E-state index >= 15 is 0 Å². The van der Waals surface area contributed by atoms with E-state index in [0.717, 1.165) is 18.3 Å². The molecule has 0 fully saturated rings. The van der Waals surface area contributed by atoms with Crippen LogP contribution in [0.5, 0.6) is 11.6 Å². The molecule has 2 atom stereocenters. The summed E-state index contributed by atoms with van der Waals surface area (Å²) in [4.78, 5) is 28.6. The van der Waals surface area contributed by atoms with Gasteiger partial charge in [-0.05, 0) is 51.8 Å². The Kier molecular flexibility index (Phi) is 7.53. The van der Waals surface area contributed by atoms with Gasteiger partial charge in [0.15, 0.2) is 0 Å². The largest absolute Gasteiger partial charge is 0.444 e. The Labute approximate surface area is 195 Å². The van der Waals surface area contributed by atoms with Crippen LogP contribution < -0.4 is 15.4 Å². The Hall–Kier alpha value is -3.20. The standard InChI is InChI=1S/C23H24ClF2N3O4/c1-23(2,3)33-22(31)29-15-6-4-14(5-7-15)28-20(30)17-10-13(25)12-27-21(17)32-16-8-9-19(26)18(24)11-16/h4,6,8-12,14-15H,5,7H2,1-3H3,(H,28,30)(H,29,31)/t14?,15-/m0/s1. The highest BCUT2D eigenvalue weighted by Gasteiger charge is 2.24. The van der Waals surface area contributed by atoms with Crippen LogP contribution in [0.2, 0.25) is 5.02 Å². The molecule has 0 aliphatic heterocycles. The molecule has 0 saturated heterocycles. The van der Waals surface area contributed by atoms with E-state index in [1.165, 1.54) is 12.1 Å². The normalized spacial score (nSPS) is 17.9. The molecule has 0 bridgehead atoms. The lowest BCUT2D eigenvalue weighted by atomic mass is 9.98. The van der Waals surface area contributed by atoms with Gasteiger partial charge in [0.25, 0.3) is 5.91 Å². The first kappa shape index (κ1) is 24.4. The van der Waals surface area contributed by atoms with Crippen molar-refractivity contribution in [1.82, 2.24) is 15.6 Å². The van der Waals surface area contributed by atoms with Crippen LogP contribution in [0.1, 0.15) is 44.0 Å². The van der Waals surface area contributed by atoms with Crippen molar-refractivity contribution in [3.8, 4) is 11.6 Å². The molecule has 1 aromatic carbocycles. The summed E-state index contributed by atoms with van der Waals surface area (Å²) < 4.78 is 38.0. The smallest absolute Gasteiger partial charge is 0.408 e. The van der Waals surface area contributed by atoms with Gasteiger partial charge in [-0.25, -0.2) is 18.6 Å². The average Bonchev–Trinajstić information content (AvgIpc) is 2.72. The van der Waals surface area contributed by atoms with Crippen LogP contribution in [-0.4, -0.2) is 34.7 Å². The van der Waals surface area contributed by atoms with Crippen LogP contribution in [0.3, 0.4) is 0 Å². The van der Waals surface area contributed by atoms with Gasteiger partial charge in [0.05, 0.1) is 17.3 Å². The SMILES string of the molecule is CC(C)(C)OC(=O)N[C@H]1C=CC(NC(=O)c2cc(F)cnc2Oc2ccc(F)c(Cl)c2)CC1. The van der Waals surface area contributed by atoms with Crippen molar-refractivity contribution in [3.63, 3.8) is 0 Å². The maximum atomic E-state index is 13.8. The number of nitrogens with one attached hydrogen (secondary N) is 2. The van der Waals surface area contributed by atoms with E-state index < -0.39 is 29.2 Å². The van der Waals surface area contributed by atoms with Gasteiger partial charge in [-0.15, -0.1) is 0 Å². The zero-order chi connectivity index (χ0) is 24.2. The minimum absolute atomic E-state index is 0.127. The molecule has 7 nitrogen and oxygen atoms in total. The molecule has 1 heterocycles. The number of halogens is 3. The van der Waals surface area contributed by atoms with Crippen LogP contribution in [0.15, 0.2) is 42.6 Å². The molecule has 1 aliphatic rings. The molecule has 0 spiro atoms. The maximum absolute atomic E-state index is 13.8. The predicted molar refractivity (Wildman–Crippen MR) is 118 cm³/mol. The second-order valence-electron chi connectivity index (χ2n) is 8.48. The van der Waals surface area contributed by atoms with Crippen LogP contribution >= 0.6 is 11.6 Å². The summed E-state index contributed by atoms with van der Waals surface area (Å²) in [7, 11) is 0. The number of hydrogen-bond donors (Lipinski definition) is 2. The summed E-state index contributed by atoms with van der Waals surface area (Å²) in [5, 5.41) is 5.37. The molecule has 1 aliphatic carbocycles. The number of carbonyl (C=O) groups is 2. The second-order valence-corrected chi connectivity index (χ2v) is 8.89. The zero-order valence-electron chi connectivity index (χ0n) is 18.3. The number of ether oxygens (including phenoxy) is 2. The molecule has 1 aromatic heterocycles. The Morgan fingerprint density at radius 2 is 1.76 bits per heavy atom. The van der Waals surface area contributed by atoms with E-state index in [1.807, 2.05) is 0 Å². The lowest BCUT2D eigenvalue weighted by Gasteiger charge is -2.26. The molecule has 0 saturated carbocycles. The van der Waals surface area contributed by atoms with Crippen molar-refractivity contribution >= 4 is 23.6 Å². The fourth-order valence-electron chi connectivity index (χ4n) is 3.09. The third-order valence-electron chi connectivity index (χ3n) is 4.55. The fourth-order valence-corrected chi connectivity index (χ4v) is 3.26. The molecule has 2 aromatic rings. The van der Waals surface area contributed by atoms with Crippen LogP contribution in [0.4, 0.5) is 13.6 Å². The van der Waals surface area contributed by atoms with Crippen molar-refractivity contribution < 1.29 is 27.8 Å². The molecule has 2 amide bonds. The Morgan fingerprint density at radius 3 is 2.36 bits per heavy atom. The van der Waals surface area contributed by atoms with Gasteiger partial charge >= 0.3 is 6.09 Å². The van der Waals surface area contributed by atoms with Crippen LogP contribution in [0.25, 0.3) is 0 Å². The quantitative estimate of drug-likeness (QED) is 0.579. The first-order valence-electron chi connectivity index (χ1n) is 10.3. The second kappa shape index (κ2) is 10.2. The molecule has 0 radical (unpaired) electrons. The van der Waals surface area contributed by atoms with Gasteiger partial charge in [-0.3, -0.25) is 4.79 Å². The summed E-state index contributed by atoms with van der Waals surface area (Å²) >= 11 is 5.75. The third kappa shape index (κ3) is 7.15. The van der Waals surface area contributed by atoms with E-state index in [0.29, 0.717) is 12.8 Å². The van der Waals surface area contributed by atoms with Gasteiger partial charge in [0, 0.05) is 12.1 Å². The highest BCUT2D eigenvalue weighted by Crippen LogP contribution is 2.27. The van der Waals surface area contributed by atoms with E-state index in [1.54, 1.807) is 32.9 Å². The number of aromatic nitrogens is 1. The Balaban J connectivity index is 1.65. The number of hydrogen-bond acceptors (Lipinski definition) is 5. The first-order valence-corrected chi connectivity index (χ1v) is 10.6. The third-order valence-corrected chi connectivity index (χ3v) is 4.84. The minimum atomic E-state index is -0.717. The molecule has 33 heavy (non-hydrogen) atoms. The molecule has 10 heteroatoms. The van der Waals surface area contributed by atoms with Crippen molar-refractivity contribution in [3.05, 3.63) is 64.8 Å². The number of benzene rings is 1. The van der Waals surface area contributed by atoms with Gasteiger partial charge in [-0.1, -0.05) is 23.8 Å². The molecule has 2 N–H and O–H groups in total. The van der Waals surface area contributed by atoms with Crippen molar-refractivity contribution in [2.75, 3.05) is 0 Å². The van der Waals surface area contributed by atoms with E-state index in [2.05, 4.69) is 15.6 Å². The zero-order valence-corrected chi connectivity index (χ0v) is 19.1. The number of alkyl carbamates (subject to hydrolysis) is 1. The summed E-state index contributed by atoms with van der Waals surface area (Å²) in [6.45, 7) is 5.33. The summed E-state index contributed by atoms with van der Waals surface area (Å²) in [5.74, 6) is -1.95. The number of carbonyl (C=O) groups excluding carboxylic acids is 2. The van der Waals surface area contributed by atoms with Crippen LogP contribution in [-0.2, 0) is 4.74 Å². The monoisotopic (exact) mass is 479 g/mol. The predicted octanol–water partition coefficient (Wildman–Crippen LogP) is 5.15. The first-order chi connectivity index (χ1) is 15.5. The molecular formula is C23H24ClF2N3O4. The number of nitrogens with zero attached hydrogens (tertiary/aromatic N) is 1. The fraction of sp³-hybridized carbons (Fsp3) is 0.348. The van der Waals surface area contributed by atoms with E-state index in [9.17, 15) is 18.4 Å². The van der Waals surface area contributed by atoms with Gasteiger partial charge in [0.1, 0.15) is 28.5 Å². The topological polar surface area (TPSA) is 89.6 Å². The summed E-state index contributed by atoms with van der Waals surface area (Å²) in [6.07, 6.45) is 5.00. The highest BCUT2D eigenvalue weighted by atomic mass is 35.5. The lowest BCUT2D eigenvalue weighted by Crippen LogP contribution is -2.42. The molecule has 176 valence electrons. The Morgan fingerprint density at radius 1 is 1.09 bits per heavy atom. The number of amides is 2. The maximum Gasteiger partial charge on any atom is 0.408 e. The lowest BCUT2D eigenvalue weighted by molar-refractivity contribution is 0.0509. The highest BCUT2D eigenvalue weighted by molar-refractivity contribution is 6.30. The number of rotatable bonds is 5. The van der Waals surface area contributed by atoms with E-state index in [4.69, 9.17) is 21.1 Å². The van der Waals surface area contributed by atoms with Crippen LogP contribution in [0, 0.1) is 11.6 Å². The molecule has 3 rings (SSSR count). The van der Waals surface area contributed by atoms with Gasteiger partial charge in [-0.2, -0.15) is 0 Å². The number of pyridine rings is 1. The Bertz CT molecular complexity index is 1070. The van der Waals surface area contributed by atoms with Gasteiger partial charge < -0.3 is 20.1 Å². The summed E-state index contributed by atoms with van der Waals surface area (Å²) in [6, 6.07) is 4.08.